The number of carbonyl (C=O) groups is 1. The lowest BCUT2D eigenvalue weighted by molar-refractivity contribution is -0.136. The molecule has 1 aromatic heterocycles. The van der Waals surface area contributed by atoms with Gasteiger partial charge in [-0.3, -0.25) is 9.89 Å². The maximum absolute atomic E-state index is 12.5. The standard InChI is InChI=1S/C20H25N3O2/c1-14-3-2-4-16(11-14)18-12-21-22-19(18)15-5-8-23(9-6-15)20(24)17-7-10-25-13-17/h2-4,11-12,15,17H,5-10,13H2,1H3,(H,21,22). The van der Waals surface area contributed by atoms with Gasteiger partial charge in [-0.2, -0.15) is 5.10 Å². The first-order valence-corrected chi connectivity index (χ1v) is 9.19. The Labute approximate surface area is 148 Å². The van der Waals surface area contributed by atoms with Gasteiger partial charge in [-0.05, 0) is 31.7 Å². The number of aryl methyl sites for hydroxylation is 1. The van der Waals surface area contributed by atoms with E-state index in [0.717, 1.165) is 39.0 Å². The zero-order valence-corrected chi connectivity index (χ0v) is 14.7. The predicted molar refractivity (Wildman–Crippen MR) is 96.2 cm³/mol. The van der Waals surface area contributed by atoms with Crippen LogP contribution in [0.1, 0.15) is 36.4 Å². The molecule has 0 spiro atoms. The zero-order valence-electron chi connectivity index (χ0n) is 14.7. The minimum atomic E-state index is 0.0755. The number of piperidine rings is 1. The summed E-state index contributed by atoms with van der Waals surface area (Å²) < 4.78 is 5.36. The zero-order chi connectivity index (χ0) is 17.2. The number of hydrogen-bond donors (Lipinski definition) is 1. The molecule has 5 nitrogen and oxygen atoms in total. The van der Waals surface area contributed by atoms with Crippen LogP contribution in [-0.2, 0) is 9.53 Å². The first-order valence-electron chi connectivity index (χ1n) is 9.19. The number of hydrogen-bond acceptors (Lipinski definition) is 3. The molecule has 3 heterocycles. The number of H-pyrrole nitrogens is 1. The fourth-order valence-corrected chi connectivity index (χ4v) is 4.03. The molecule has 0 aliphatic carbocycles. The Morgan fingerprint density at radius 3 is 2.84 bits per heavy atom. The summed E-state index contributed by atoms with van der Waals surface area (Å²) in [6.45, 7) is 5.08. The Balaban J connectivity index is 1.45. The first kappa shape index (κ1) is 16.3. The SMILES string of the molecule is Cc1cccc(-c2cn[nH]c2C2CCN(C(=O)C3CCOC3)CC2)c1. The molecule has 1 unspecified atom stereocenters. The van der Waals surface area contributed by atoms with Crippen molar-refractivity contribution in [2.45, 2.75) is 32.1 Å². The van der Waals surface area contributed by atoms with Crippen molar-refractivity contribution in [3.63, 3.8) is 0 Å². The monoisotopic (exact) mass is 339 g/mol. The molecule has 1 aromatic carbocycles. The van der Waals surface area contributed by atoms with E-state index in [1.54, 1.807) is 0 Å². The Hall–Kier alpha value is -2.14. The predicted octanol–water partition coefficient (Wildman–Crippen LogP) is 3.13. The number of aromatic amines is 1. The van der Waals surface area contributed by atoms with Crippen molar-refractivity contribution in [3.8, 4) is 11.1 Å². The van der Waals surface area contributed by atoms with Crippen molar-refractivity contribution < 1.29 is 9.53 Å². The third kappa shape index (κ3) is 3.33. The van der Waals surface area contributed by atoms with Gasteiger partial charge in [0.05, 0.1) is 18.7 Å². The number of benzene rings is 1. The third-order valence-corrected chi connectivity index (χ3v) is 5.49. The average molecular weight is 339 g/mol. The first-order chi connectivity index (χ1) is 12.2. The summed E-state index contributed by atoms with van der Waals surface area (Å²) in [7, 11) is 0. The van der Waals surface area contributed by atoms with Gasteiger partial charge >= 0.3 is 0 Å². The normalized spacial score (nSPS) is 21.6. The molecule has 1 atom stereocenters. The van der Waals surface area contributed by atoms with Gasteiger partial charge in [0.15, 0.2) is 0 Å². The number of carbonyl (C=O) groups excluding carboxylic acids is 1. The molecule has 4 rings (SSSR count). The van der Waals surface area contributed by atoms with E-state index in [1.165, 1.54) is 22.4 Å². The summed E-state index contributed by atoms with van der Waals surface area (Å²) >= 11 is 0. The van der Waals surface area contributed by atoms with Gasteiger partial charge in [0.1, 0.15) is 0 Å². The molecule has 2 aliphatic rings. The van der Waals surface area contributed by atoms with E-state index in [4.69, 9.17) is 4.74 Å². The van der Waals surface area contributed by atoms with Gasteiger partial charge in [0.25, 0.3) is 0 Å². The highest BCUT2D eigenvalue weighted by atomic mass is 16.5. The second-order valence-corrected chi connectivity index (χ2v) is 7.23. The van der Waals surface area contributed by atoms with Gasteiger partial charge in [-0.1, -0.05) is 29.8 Å². The van der Waals surface area contributed by atoms with Gasteiger partial charge in [-0.25, -0.2) is 0 Å². The highest BCUT2D eigenvalue weighted by Crippen LogP contribution is 2.34. The number of nitrogens with one attached hydrogen (secondary N) is 1. The molecule has 25 heavy (non-hydrogen) atoms. The van der Waals surface area contributed by atoms with E-state index in [-0.39, 0.29) is 11.8 Å². The molecule has 0 saturated carbocycles. The molecular formula is C20H25N3O2. The third-order valence-electron chi connectivity index (χ3n) is 5.49. The number of aromatic nitrogens is 2. The molecule has 1 N–H and O–H groups in total. The van der Waals surface area contributed by atoms with Crippen molar-refractivity contribution >= 4 is 5.91 Å². The Kier molecular flexibility index (Phi) is 4.57. The van der Waals surface area contributed by atoms with Gasteiger partial charge in [0, 0.05) is 36.9 Å². The maximum Gasteiger partial charge on any atom is 0.228 e. The van der Waals surface area contributed by atoms with Crippen LogP contribution in [0.15, 0.2) is 30.5 Å². The lowest BCUT2D eigenvalue weighted by atomic mass is 9.89. The average Bonchev–Trinajstić information content (AvgIpc) is 3.33. The van der Waals surface area contributed by atoms with E-state index in [9.17, 15) is 4.79 Å². The van der Waals surface area contributed by atoms with Gasteiger partial charge in [0.2, 0.25) is 5.91 Å². The summed E-state index contributed by atoms with van der Waals surface area (Å²) in [5.74, 6) is 0.785. The second kappa shape index (κ2) is 7.00. The highest BCUT2D eigenvalue weighted by Gasteiger charge is 2.32. The molecule has 132 valence electrons. The van der Waals surface area contributed by atoms with Crippen LogP contribution in [0.4, 0.5) is 0 Å². The second-order valence-electron chi connectivity index (χ2n) is 7.23. The van der Waals surface area contributed by atoms with Crippen LogP contribution in [0.3, 0.4) is 0 Å². The van der Waals surface area contributed by atoms with Crippen molar-refractivity contribution in [2.24, 2.45) is 5.92 Å². The molecule has 1 amide bonds. The minimum Gasteiger partial charge on any atom is -0.381 e. The molecule has 2 saturated heterocycles. The van der Waals surface area contributed by atoms with Crippen molar-refractivity contribution in [1.29, 1.82) is 0 Å². The van der Waals surface area contributed by atoms with E-state index in [1.807, 2.05) is 11.1 Å². The van der Waals surface area contributed by atoms with Gasteiger partial charge in [-0.15, -0.1) is 0 Å². The number of amides is 1. The number of rotatable bonds is 3. The van der Waals surface area contributed by atoms with Gasteiger partial charge < -0.3 is 9.64 Å². The maximum atomic E-state index is 12.5. The quantitative estimate of drug-likeness (QED) is 0.935. The van der Waals surface area contributed by atoms with E-state index < -0.39 is 0 Å². The van der Waals surface area contributed by atoms with Crippen molar-refractivity contribution in [3.05, 3.63) is 41.7 Å². The molecule has 2 aliphatic heterocycles. The molecular weight excluding hydrogens is 314 g/mol. The van der Waals surface area contributed by atoms with Crippen LogP contribution >= 0.6 is 0 Å². The van der Waals surface area contributed by atoms with Crippen LogP contribution < -0.4 is 0 Å². The number of nitrogens with zero attached hydrogens (tertiary/aromatic N) is 2. The highest BCUT2D eigenvalue weighted by molar-refractivity contribution is 5.79. The molecule has 0 bridgehead atoms. The fourth-order valence-electron chi connectivity index (χ4n) is 4.03. The van der Waals surface area contributed by atoms with Crippen molar-refractivity contribution in [2.75, 3.05) is 26.3 Å². The van der Waals surface area contributed by atoms with E-state index in [0.29, 0.717) is 12.5 Å². The van der Waals surface area contributed by atoms with Crippen LogP contribution in [0, 0.1) is 12.8 Å². The Bertz CT molecular complexity index is 741. The Morgan fingerprint density at radius 2 is 2.12 bits per heavy atom. The largest absolute Gasteiger partial charge is 0.381 e. The summed E-state index contributed by atoms with van der Waals surface area (Å²) in [4.78, 5) is 14.6. The fraction of sp³-hybridized carbons (Fsp3) is 0.500. The van der Waals surface area contributed by atoms with Crippen LogP contribution in [0.25, 0.3) is 11.1 Å². The van der Waals surface area contributed by atoms with Crippen molar-refractivity contribution in [1.82, 2.24) is 15.1 Å². The van der Waals surface area contributed by atoms with Crippen LogP contribution in [0.5, 0.6) is 0 Å². The van der Waals surface area contributed by atoms with Crippen LogP contribution in [-0.4, -0.2) is 47.3 Å². The Morgan fingerprint density at radius 1 is 1.28 bits per heavy atom. The summed E-state index contributed by atoms with van der Waals surface area (Å²) in [5, 5.41) is 7.52. The summed E-state index contributed by atoms with van der Waals surface area (Å²) in [6, 6.07) is 8.54. The summed E-state index contributed by atoms with van der Waals surface area (Å²) in [6.07, 6.45) is 4.77. The summed E-state index contributed by atoms with van der Waals surface area (Å²) in [5.41, 5.74) is 4.87. The van der Waals surface area contributed by atoms with E-state index in [2.05, 4.69) is 41.4 Å². The molecule has 2 fully saturated rings. The lowest BCUT2D eigenvalue weighted by Gasteiger charge is -2.33. The molecule has 2 aromatic rings. The van der Waals surface area contributed by atoms with E-state index >= 15 is 0 Å². The topological polar surface area (TPSA) is 58.2 Å². The minimum absolute atomic E-state index is 0.0755. The number of ether oxygens (including phenoxy) is 1. The number of likely N-dealkylation sites (tertiary alicyclic amines) is 1. The lowest BCUT2D eigenvalue weighted by Crippen LogP contribution is -2.41. The molecule has 5 heteroatoms. The van der Waals surface area contributed by atoms with Crippen LogP contribution in [0.2, 0.25) is 0 Å². The smallest absolute Gasteiger partial charge is 0.228 e. The molecule has 0 radical (unpaired) electrons.